The van der Waals surface area contributed by atoms with Crippen LogP contribution in [0.2, 0.25) is 0 Å². The van der Waals surface area contributed by atoms with Crippen molar-refractivity contribution in [3.05, 3.63) is 36.8 Å². The van der Waals surface area contributed by atoms with Gasteiger partial charge in [-0.05, 0) is 18.6 Å². The molecular weight excluding hydrogens is 342 g/mol. The molecule has 0 amide bonds. The monoisotopic (exact) mass is 359 g/mol. The Labute approximate surface area is 144 Å². The van der Waals surface area contributed by atoms with Gasteiger partial charge in [-0.1, -0.05) is 6.92 Å². The number of rotatable bonds is 4. The molecule has 0 aromatic carbocycles. The lowest BCUT2D eigenvalue weighted by atomic mass is 10.2. The maximum Gasteiger partial charge on any atom is 0.158 e. The minimum atomic E-state index is -3.01. The molecular formula is C15H17N7O2S. The lowest BCUT2D eigenvalue weighted by Gasteiger charge is -2.12. The molecule has 130 valence electrons. The SMILES string of the molecule is CCc1nc(-c2ccnc(-n3cnnc3)c2)n(C2CCS(=O)(=O)C2)n1. The van der Waals surface area contributed by atoms with Crippen LogP contribution in [0.25, 0.3) is 17.2 Å². The van der Waals surface area contributed by atoms with Crippen molar-refractivity contribution in [3.63, 3.8) is 0 Å². The van der Waals surface area contributed by atoms with E-state index in [1.165, 1.54) is 0 Å². The van der Waals surface area contributed by atoms with E-state index in [0.717, 1.165) is 5.56 Å². The molecule has 0 spiro atoms. The molecule has 0 saturated carbocycles. The summed E-state index contributed by atoms with van der Waals surface area (Å²) in [4.78, 5) is 8.92. The molecule has 1 aliphatic heterocycles. The van der Waals surface area contributed by atoms with Crippen LogP contribution < -0.4 is 0 Å². The smallest absolute Gasteiger partial charge is 0.158 e. The molecule has 0 bridgehead atoms. The van der Waals surface area contributed by atoms with Gasteiger partial charge in [0.2, 0.25) is 0 Å². The first-order valence-electron chi connectivity index (χ1n) is 8.03. The predicted molar refractivity (Wildman–Crippen MR) is 89.9 cm³/mol. The van der Waals surface area contributed by atoms with Crippen molar-refractivity contribution in [2.24, 2.45) is 0 Å². The van der Waals surface area contributed by atoms with Gasteiger partial charge < -0.3 is 0 Å². The summed E-state index contributed by atoms with van der Waals surface area (Å²) in [5, 5.41) is 12.1. The Kier molecular flexibility index (Phi) is 3.83. The van der Waals surface area contributed by atoms with Gasteiger partial charge in [-0.15, -0.1) is 10.2 Å². The van der Waals surface area contributed by atoms with Gasteiger partial charge in [-0.2, -0.15) is 5.10 Å². The summed E-state index contributed by atoms with van der Waals surface area (Å²) in [6.45, 7) is 1.98. The van der Waals surface area contributed by atoms with Crippen LogP contribution in [0.5, 0.6) is 0 Å². The highest BCUT2D eigenvalue weighted by Gasteiger charge is 2.32. The van der Waals surface area contributed by atoms with Crippen LogP contribution in [-0.2, 0) is 16.3 Å². The Hall–Kier alpha value is -2.62. The van der Waals surface area contributed by atoms with E-state index in [4.69, 9.17) is 0 Å². The summed E-state index contributed by atoms with van der Waals surface area (Å²) in [6, 6.07) is 3.53. The number of nitrogens with zero attached hydrogens (tertiary/aromatic N) is 7. The van der Waals surface area contributed by atoms with Gasteiger partial charge >= 0.3 is 0 Å². The molecule has 0 N–H and O–H groups in total. The summed E-state index contributed by atoms with van der Waals surface area (Å²) in [7, 11) is -3.01. The molecule has 1 unspecified atom stereocenters. The van der Waals surface area contributed by atoms with Crippen LogP contribution in [0, 0.1) is 0 Å². The van der Waals surface area contributed by atoms with E-state index in [9.17, 15) is 8.42 Å². The van der Waals surface area contributed by atoms with E-state index in [1.807, 2.05) is 19.1 Å². The summed E-state index contributed by atoms with van der Waals surface area (Å²) in [5.74, 6) is 2.32. The van der Waals surface area contributed by atoms with Gasteiger partial charge in [0, 0.05) is 18.2 Å². The minimum absolute atomic E-state index is 0.107. The number of aryl methyl sites for hydroxylation is 1. The fourth-order valence-electron chi connectivity index (χ4n) is 2.95. The summed E-state index contributed by atoms with van der Waals surface area (Å²) < 4.78 is 27.2. The molecule has 0 aliphatic carbocycles. The highest BCUT2D eigenvalue weighted by atomic mass is 32.2. The highest BCUT2D eigenvalue weighted by molar-refractivity contribution is 7.91. The topological polar surface area (TPSA) is 108 Å². The molecule has 4 rings (SSSR count). The van der Waals surface area contributed by atoms with Gasteiger partial charge in [0.1, 0.15) is 18.5 Å². The Morgan fingerprint density at radius 3 is 2.76 bits per heavy atom. The first-order valence-corrected chi connectivity index (χ1v) is 9.85. The zero-order chi connectivity index (χ0) is 17.4. The quantitative estimate of drug-likeness (QED) is 0.679. The minimum Gasteiger partial charge on any atom is -0.272 e. The van der Waals surface area contributed by atoms with Gasteiger partial charge in [0.15, 0.2) is 21.5 Å². The van der Waals surface area contributed by atoms with Crippen LogP contribution in [0.1, 0.15) is 25.2 Å². The van der Waals surface area contributed by atoms with E-state index in [2.05, 4.69) is 25.3 Å². The second-order valence-corrected chi connectivity index (χ2v) is 8.21. The van der Waals surface area contributed by atoms with Crippen molar-refractivity contribution in [1.82, 2.24) is 34.5 Å². The first-order chi connectivity index (χ1) is 12.1. The molecule has 1 fully saturated rings. The Bertz CT molecular complexity index is 995. The molecule has 10 heteroatoms. The van der Waals surface area contributed by atoms with Crippen LogP contribution in [-0.4, -0.2) is 54.4 Å². The lowest BCUT2D eigenvalue weighted by molar-refractivity contribution is 0.500. The first kappa shape index (κ1) is 15.9. The standard InChI is InChI=1S/C15H17N7O2S/c1-2-13-19-15(22(20-13)12-4-6-25(23,24)8-12)11-3-5-16-14(7-11)21-9-17-18-10-21/h3,5,7,9-10,12H,2,4,6,8H2,1H3. The second-order valence-electron chi connectivity index (χ2n) is 5.98. The number of hydrogen-bond donors (Lipinski definition) is 0. The average molecular weight is 359 g/mol. The third-order valence-electron chi connectivity index (χ3n) is 4.23. The Balaban J connectivity index is 1.78. The molecule has 1 saturated heterocycles. The van der Waals surface area contributed by atoms with Crippen molar-refractivity contribution in [2.45, 2.75) is 25.8 Å². The van der Waals surface area contributed by atoms with Crippen molar-refractivity contribution >= 4 is 9.84 Å². The molecule has 3 aromatic heterocycles. The highest BCUT2D eigenvalue weighted by Crippen LogP contribution is 2.28. The molecule has 0 radical (unpaired) electrons. The average Bonchev–Trinajstić information content (AvgIpc) is 3.34. The molecule has 1 aliphatic rings. The summed E-state index contributed by atoms with van der Waals surface area (Å²) in [6.07, 6.45) is 6.06. The van der Waals surface area contributed by atoms with Crippen LogP contribution in [0.4, 0.5) is 0 Å². The summed E-state index contributed by atoms with van der Waals surface area (Å²) >= 11 is 0. The molecule has 4 heterocycles. The Morgan fingerprint density at radius 1 is 1.28 bits per heavy atom. The van der Waals surface area contributed by atoms with E-state index in [-0.39, 0.29) is 17.5 Å². The molecule has 9 nitrogen and oxygen atoms in total. The fourth-order valence-corrected chi connectivity index (χ4v) is 4.65. The van der Waals surface area contributed by atoms with Crippen molar-refractivity contribution in [3.8, 4) is 17.2 Å². The number of sulfone groups is 1. The summed E-state index contributed by atoms with van der Waals surface area (Å²) in [5.41, 5.74) is 0.829. The third kappa shape index (κ3) is 3.04. The maximum absolute atomic E-state index is 11.9. The number of aromatic nitrogens is 7. The zero-order valence-electron chi connectivity index (χ0n) is 13.6. The van der Waals surface area contributed by atoms with Crippen molar-refractivity contribution < 1.29 is 8.42 Å². The number of hydrogen-bond acceptors (Lipinski definition) is 7. The third-order valence-corrected chi connectivity index (χ3v) is 5.98. The lowest BCUT2D eigenvalue weighted by Crippen LogP contribution is -2.14. The maximum atomic E-state index is 11.9. The number of pyridine rings is 1. The van der Waals surface area contributed by atoms with Gasteiger partial charge in [0.05, 0.1) is 17.5 Å². The van der Waals surface area contributed by atoms with Gasteiger partial charge in [-0.3, -0.25) is 4.57 Å². The zero-order valence-corrected chi connectivity index (χ0v) is 14.5. The van der Waals surface area contributed by atoms with E-state index >= 15 is 0 Å². The molecule has 3 aromatic rings. The normalized spacial score (nSPS) is 19.3. The van der Waals surface area contributed by atoms with Crippen molar-refractivity contribution in [2.75, 3.05) is 11.5 Å². The van der Waals surface area contributed by atoms with Crippen LogP contribution >= 0.6 is 0 Å². The predicted octanol–water partition coefficient (Wildman–Crippen LogP) is 0.843. The van der Waals surface area contributed by atoms with Gasteiger partial charge in [0.25, 0.3) is 0 Å². The van der Waals surface area contributed by atoms with E-state index in [1.54, 1.807) is 28.1 Å². The fraction of sp³-hybridized carbons (Fsp3) is 0.400. The van der Waals surface area contributed by atoms with Crippen LogP contribution in [0.15, 0.2) is 31.0 Å². The van der Waals surface area contributed by atoms with Crippen LogP contribution in [0.3, 0.4) is 0 Å². The van der Waals surface area contributed by atoms with E-state index < -0.39 is 9.84 Å². The molecule has 1 atom stereocenters. The largest absolute Gasteiger partial charge is 0.272 e. The second kappa shape index (κ2) is 6.03. The van der Waals surface area contributed by atoms with E-state index in [0.29, 0.717) is 30.3 Å². The molecule has 25 heavy (non-hydrogen) atoms. The van der Waals surface area contributed by atoms with Gasteiger partial charge in [-0.25, -0.2) is 23.1 Å². The Morgan fingerprint density at radius 2 is 2.08 bits per heavy atom. The van der Waals surface area contributed by atoms with Crippen molar-refractivity contribution in [1.29, 1.82) is 0 Å².